The van der Waals surface area contributed by atoms with E-state index in [9.17, 15) is 9.59 Å². The molecule has 0 unspecified atom stereocenters. The van der Waals surface area contributed by atoms with Crippen molar-refractivity contribution in [3.63, 3.8) is 0 Å². The van der Waals surface area contributed by atoms with Crippen LogP contribution in [0.25, 0.3) is 0 Å². The molecule has 3 nitrogen and oxygen atoms in total. The second kappa shape index (κ2) is 5.35. The van der Waals surface area contributed by atoms with Gasteiger partial charge in [-0.3, -0.25) is 9.59 Å². The van der Waals surface area contributed by atoms with Crippen LogP contribution in [0.1, 0.15) is 67.7 Å². The zero-order valence-electron chi connectivity index (χ0n) is 15.5. The molecule has 0 spiro atoms. The number of amides is 1. The summed E-state index contributed by atoms with van der Waals surface area (Å²) in [6, 6.07) is 0. The van der Waals surface area contributed by atoms with Gasteiger partial charge in [-0.15, -0.1) is 0 Å². The third kappa shape index (κ3) is 2.23. The van der Waals surface area contributed by atoms with Crippen LogP contribution in [-0.4, -0.2) is 29.7 Å². The summed E-state index contributed by atoms with van der Waals surface area (Å²) in [5, 5.41) is 0. The highest BCUT2D eigenvalue weighted by molar-refractivity contribution is 5.99. The highest BCUT2D eigenvalue weighted by atomic mass is 16.2. The van der Waals surface area contributed by atoms with Crippen LogP contribution in [0.3, 0.4) is 0 Å². The van der Waals surface area contributed by atoms with Crippen LogP contribution >= 0.6 is 0 Å². The Morgan fingerprint density at radius 1 is 1.05 bits per heavy atom. The fourth-order valence-corrected chi connectivity index (χ4v) is 4.76. The van der Waals surface area contributed by atoms with Gasteiger partial charge in [0.2, 0.25) is 5.91 Å². The number of carbonyl (C=O) groups excluding carboxylic acids is 2. The standard InChI is InChI=1S/C19H33NO2/c1-13(2)11-20(12-14(3)4)16(22)19-9-8-18(7,15(21)10-19)17(19,5)6/h13-14H,8-12H2,1-7H3/t18-,19+/m0/s1. The van der Waals surface area contributed by atoms with Gasteiger partial charge in [-0.05, 0) is 30.1 Å². The fourth-order valence-electron chi connectivity index (χ4n) is 4.76. The maximum Gasteiger partial charge on any atom is 0.229 e. The molecule has 0 saturated heterocycles. The van der Waals surface area contributed by atoms with Gasteiger partial charge in [-0.2, -0.15) is 0 Å². The van der Waals surface area contributed by atoms with Gasteiger partial charge in [0.1, 0.15) is 5.78 Å². The van der Waals surface area contributed by atoms with Gasteiger partial charge in [0.15, 0.2) is 0 Å². The molecule has 0 aliphatic heterocycles. The van der Waals surface area contributed by atoms with Crippen molar-refractivity contribution in [3.05, 3.63) is 0 Å². The third-order valence-electron chi connectivity index (χ3n) is 6.57. The molecule has 2 fully saturated rings. The third-order valence-corrected chi connectivity index (χ3v) is 6.57. The normalized spacial score (nSPS) is 33.0. The smallest absolute Gasteiger partial charge is 0.229 e. The summed E-state index contributed by atoms with van der Waals surface area (Å²) >= 11 is 0. The van der Waals surface area contributed by atoms with Crippen LogP contribution in [-0.2, 0) is 9.59 Å². The zero-order valence-corrected chi connectivity index (χ0v) is 15.5. The molecule has 22 heavy (non-hydrogen) atoms. The molecular weight excluding hydrogens is 274 g/mol. The Bertz CT molecular complexity index is 470. The van der Waals surface area contributed by atoms with Crippen molar-refractivity contribution in [2.45, 2.75) is 67.7 Å². The van der Waals surface area contributed by atoms with Gasteiger partial charge in [-0.1, -0.05) is 48.5 Å². The number of rotatable bonds is 5. The number of fused-ring (bicyclic) bond motifs is 2. The second-order valence-electron chi connectivity index (χ2n) is 9.14. The van der Waals surface area contributed by atoms with Crippen LogP contribution in [0.15, 0.2) is 0 Å². The first-order valence-electron chi connectivity index (χ1n) is 8.80. The Morgan fingerprint density at radius 3 is 1.86 bits per heavy atom. The van der Waals surface area contributed by atoms with E-state index < -0.39 is 5.41 Å². The summed E-state index contributed by atoms with van der Waals surface area (Å²) in [4.78, 5) is 28.1. The Morgan fingerprint density at radius 2 is 1.55 bits per heavy atom. The molecule has 3 heteroatoms. The Balaban J connectivity index is 2.36. The summed E-state index contributed by atoms with van der Waals surface area (Å²) in [6.45, 7) is 16.6. The first-order valence-corrected chi connectivity index (χ1v) is 8.80. The van der Waals surface area contributed by atoms with E-state index in [4.69, 9.17) is 0 Å². The lowest BCUT2D eigenvalue weighted by atomic mass is 9.64. The molecule has 0 aromatic heterocycles. The topological polar surface area (TPSA) is 37.4 Å². The number of hydrogen-bond donors (Lipinski definition) is 0. The largest absolute Gasteiger partial charge is 0.342 e. The van der Waals surface area contributed by atoms with E-state index in [0.717, 1.165) is 25.9 Å². The minimum absolute atomic E-state index is 0.231. The minimum atomic E-state index is -0.470. The number of carbonyl (C=O) groups is 2. The Kier molecular flexibility index (Phi) is 4.25. The molecule has 2 rings (SSSR count). The quantitative estimate of drug-likeness (QED) is 0.772. The lowest BCUT2D eigenvalue weighted by molar-refractivity contribution is -0.149. The van der Waals surface area contributed by atoms with E-state index in [-0.39, 0.29) is 16.7 Å². The van der Waals surface area contributed by atoms with E-state index in [1.807, 2.05) is 4.90 Å². The van der Waals surface area contributed by atoms with Crippen molar-refractivity contribution < 1.29 is 9.59 Å². The molecule has 2 aliphatic carbocycles. The van der Waals surface area contributed by atoms with E-state index in [1.54, 1.807) is 0 Å². The molecule has 2 atom stereocenters. The van der Waals surface area contributed by atoms with E-state index in [2.05, 4.69) is 48.5 Å². The molecule has 2 saturated carbocycles. The lowest BCUT2D eigenvalue weighted by Crippen LogP contribution is -2.50. The lowest BCUT2D eigenvalue weighted by Gasteiger charge is -2.42. The average molecular weight is 307 g/mol. The van der Waals surface area contributed by atoms with Crippen LogP contribution in [0, 0.1) is 28.1 Å². The highest BCUT2D eigenvalue weighted by Gasteiger charge is 2.72. The summed E-state index contributed by atoms with van der Waals surface area (Å²) in [6.07, 6.45) is 2.18. The van der Waals surface area contributed by atoms with E-state index in [0.29, 0.717) is 24.0 Å². The van der Waals surface area contributed by atoms with Crippen molar-refractivity contribution in [3.8, 4) is 0 Å². The van der Waals surface area contributed by atoms with Gasteiger partial charge in [-0.25, -0.2) is 0 Å². The van der Waals surface area contributed by atoms with Crippen molar-refractivity contribution in [1.29, 1.82) is 0 Å². The van der Waals surface area contributed by atoms with Crippen molar-refractivity contribution in [2.75, 3.05) is 13.1 Å². The molecule has 1 amide bonds. The molecule has 0 aromatic rings. The second-order valence-corrected chi connectivity index (χ2v) is 9.14. The van der Waals surface area contributed by atoms with E-state index in [1.165, 1.54) is 0 Å². The number of ketones is 1. The van der Waals surface area contributed by atoms with Gasteiger partial charge >= 0.3 is 0 Å². The number of nitrogens with zero attached hydrogens (tertiary/aromatic N) is 1. The molecule has 0 radical (unpaired) electrons. The van der Waals surface area contributed by atoms with Gasteiger partial charge < -0.3 is 4.90 Å². The van der Waals surface area contributed by atoms with Gasteiger partial charge in [0, 0.05) is 24.9 Å². The predicted molar refractivity (Wildman–Crippen MR) is 89.4 cm³/mol. The number of Topliss-reactive ketones (excluding diaryl/α,β-unsaturated/α-hetero) is 1. The minimum Gasteiger partial charge on any atom is -0.342 e. The van der Waals surface area contributed by atoms with Crippen LogP contribution < -0.4 is 0 Å². The van der Waals surface area contributed by atoms with Crippen molar-refractivity contribution >= 4 is 11.7 Å². The first kappa shape index (κ1) is 17.5. The zero-order chi connectivity index (χ0) is 16.9. The molecular formula is C19H33NO2. The maximum absolute atomic E-state index is 13.5. The first-order chi connectivity index (χ1) is 9.98. The Labute approximate surface area is 135 Å². The van der Waals surface area contributed by atoms with Gasteiger partial charge in [0.05, 0.1) is 5.41 Å². The van der Waals surface area contributed by atoms with Crippen LogP contribution in [0.4, 0.5) is 0 Å². The molecule has 2 aliphatic rings. The Hall–Kier alpha value is -0.860. The number of hydrogen-bond acceptors (Lipinski definition) is 2. The SMILES string of the molecule is CC(C)CN(CC(C)C)C(=O)[C@@]12CC[C@@](C)(C(=O)C1)C2(C)C. The van der Waals surface area contributed by atoms with E-state index >= 15 is 0 Å². The van der Waals surface area contributed by atoms with Crippen LogP contribution in [0.2, 0.25) is 0 Å². The average Bonchev–Trinajstić information content (AvgIpc) is 2.66. The summed E-state index contributed by atoms with van der Waals surface area (Å²) in [7, 11) is 0. The molecule has 0 heterocycles. The van der Waals surface area contributed by atoms with Crippen molar-refractivity contribution in [2.24, 2.45) is 28.1 Å². The molecule has 0 N–H and O–H groups in total. The molecule has 0 aromatic carbocycles. The highest BCUT2D eigenvalue weighted by Crippen LogP contribution is 2.71. The fraction of sp³-hybridized carbons (Fsp3) is 0.895. The monoisotopic (exact) mass is 307 g/mol. The maximum atomic E-state index is 13.5. The summed E-state index contributed by atoms with van der Waals surface area (Å²) < 4.78 is 0. The van der Waals surface area contributed by atoms with Crippen LogP contribution in [0.5, 0.6) is 0 Å². The van der Waals surface area contributed by atoms with Crippen molar-refractivity contribution in [1.82, 2.24) is 4.90 Å². The molecule has 2 bridgehead atoms. The predicted octanol–water partition coefficient (Wildman–Crippen LogP) is 3.91. The summed E-state index contributed by atoms with van der Waals surface area (Å²) in [5.41, 5.74) is -1.02. The van der Waals surface area contributed by atoms with Gasteiger partial charge in [0.25, 0.3) is 0 Å². The summed E-state index contributed by atoms with van der Waals surface area (Å²) in [5.74, 6) is 1.43. The molecule has 126 valence electrons.